The van der Waals surface area contributed by atoms with Crippen LogP contribution in [0.25, 0.3) is 0 Å². The van der Waals surface area contributed by atoms with E-state index in [0.29, 0.717) is 12.1 Å². The maximum Gasteiger partial charge on any atom is 0.325 e. The standard InChI is InChI=1S/C21H23N3O3/c1-15-9-7-8-10-16(15)13-23(3)18(25)14-24-19(26)21(2,22-20(24)27)17-11-5-4-6-12-17/h4-12H,13-14H2,1-3H3,(H,22,27)/t21-/m0/s1. The van der Waals surface area contributed by atoms with Crippen LogP contribution in [0.3, 0.4) is 0 Å². The maximum absolute atomic E-state index is 12.9. The van der Waals surface area contributed by atoms with Gasteiger partial charge in [-0.2, -0.15) is 0 Å². The van der Waals surface area contributed by atoms with Gasteiger partial charge in [-0.15, -0.1) is 0 Å². The van der Waals surface area contributed by atoms with E-state index in [4.69, 9.17) is 0 Å². The van der Waals surface area contributed by atoms with E-state index in [1.54, 1.807) is 26.1 Å². The zero-order chi connectivity index (χ0) is 19.6. The third kappa shape index (κ3) is 3.56. The first-order valence-electron chi connectivity index (χ1n) is 8.81. The van der Waals surface area contributed by atoms with Crippen LogP contribution >= 0.6 is 0 Å². The molecule has 0 aliphatic carbocycles. The minimum absolute atomic E-state index is 0.282. The van der Waals surface area contributed by atoms with Gasteiger partial charge in [-0.25, -0.2) is 4.79 Å². The summed E-state index contributed by atoms with van der Waals surface area (Å²) in [5, 5.41) is 2.72. The summed E-state index contributed by atoms with van der Waals surface area (Å²) in [6, 6.07) is 16.3. The van der Waals surface area contributed by atoms with E-state index in [9.17, 15) is 14.4 Å². The Kier molecular flexibility index (Phi) is 4.99. The number of nitrogens with one attached hydrogen (secondary N) is 1. The molecule has 0 bridgehead atoms. The number of aryl methyl sites for hydroxylation is 1. The van der Waals surface area contributed by atoms with Crippen LogP contribution in [0.2, 0.25) is 0 Å². The minimum atomic E-state index is -1.16. The Hall–Kier alpha value is -3.15. The van der Waals surface area contributed by atoms with E-state index in [0.717, 1.165) is 16.0 Å². The van der Waals surface area contributed by atoms with Crippen LogP contribution in [0, 0.1) is 6.92 Å². The maximum atomic E-state index is 12.9. The van der Waals surface area contributed by atoms with Crippen molar-refractivity contribution in [3.8, 4) is 0 Å². The van der Waals surface area contributed by atoms with Crippen molar-refractivity contribution >= 4 is 17.8 Å². The predicted octanol–water partition coefficient (Wildman–Crippen LogP) is 2.42. The number of hydrogen-bond donors (Lipinski definition) is 1. The monoisotopic (exact) mass is 365 g/mol. The van der Waals surface area contributed by atoms with Crippen molar-refractivity contribution in [1.82, 2.24) is 15.1 Å². The highest BCUT2D eigenvalue weighted by Gasteiger charge is 2.49. The molecule has 0 saturated carbocycles. The Labute approximate surface area is 158 Å². The van der Waals surface area contributed by atoms with Crippen LogP contribution in [-0.4, -0.2) is 41.2 Å². The molecule has 1 atom stereocenters. The predicted molar refractivity (Wildman–Crippen MR) is 102 cm³/mol. The number of hydrogen-bond acceptors (Lipinski definition) is 3. The zero-order valence-corrected chi connectivity index (χ0v) is 15.7. The van der Waals surface area contributed by atoms with E-state index in [2.05, 4.69) is 5.32 Å². The van der Waals surface area contributed by atoms with E-state index in [-0.39, 0.29) is 12.5 Å². The third-order valence-electron chi connectivity index (χ3n) is 5.01. The molecule has 0 radical (unpaired) electrons. The average molecular weight is 365 g/mol. The minimum Gasteiger partial charge on any atom is -0.340 e. The van der Waals surface area contributed by atoms with Crippen LogP contribution in [0.4, 0.5) is 4.79 Å². The lowest BCUT2D eigenvalue weighted by Crippen LogP contribution is -2.43. The summed E-state index contributed by atoms with van der Waals surface area (Å²) in [7, 11) is 1.67. The van der Waals surface area contributed by atoms with Crippen molar-refractivity contribution in [2.45, 2.75) is 25.9 Å². The fraction of sp³-hybridized carbons (Fsp3) is 0.286. The summed E-state index contributed by atoms with van der Waals surface area (Å²) in [4.78, 5) is 40.4. The van der Waals surface area contributed by atoms with Crippen LogP contribution in [0.5, 0.6) is 0 Å². The first-order valence-corrected chi connectivity index (χ1v) is 8.81. The molecule has 1 saturated heterocycles. The van der Waals surface area contributed by atoms with Gasteiger partial charge in [0, 0.05) is 13.6 Å². The fourth-order valence-corrected chi connectivity index (χ4v) is 3.19. The van der Waals surface area contributed by atoms with Crippen molar-refractivity contribution in [3.05, 3.63) is 71.3 Å². The van der Waals surface area contributed by atoms with Gasteiger partial charge in [-0.05, 0) is 30.5 Å². The number of nitrogens with zero attached hydrogens (tertiary/aromatic N) is 2. The molecule has 1 fully saturated rings. The molecule has 0 spiro atoms. The zero-order valence-electron chi connectivity index (χ0n) is 15.7. The largest absolute Gasteiger partial charge is 0.340 e. The number of benzene rings is 2. The average Bonchev–Trinajstić information content (AvgIpc) is 2.88. The summed E-state index contributed by atoms with van der Waals surface area (Å²) < 4.78 is 0. The molecule has 2 aromatic rings. The lowest BCUT2D eigenvalue weighted by Gasteiger charge is -2.23. The van der Waals surface area contributed by atoms with Crippen molar-refractivity contribution < 1.29 is 14.4 Å². The topological polar surface area (TPSA) is 69.7 Å². The Bertz CT molecular complexity index is 881. The first kappa shape index (κ1) is 18.6. The molecule has 0 unspecified atom stereocenters. The van der Waals surface area contributed by atoms with Gasteiger partial charge in [0.05, 0.1) is 0 Å². The van der Waals surface area contributed by atoms with Crippen LogP contribution < -0.4 is 5.32 Å². The molecule has 2 aromatic carbocycles. The van der Waals surface area contributed by atoms with E-state index < -0.39 is 17.5 Å². The highest BCUT2D eigenvalue weighted by Crippen LogP contribution is 2.28. The molecule has 140 valence electrons. The van der Waals surface area contributed by atoms with Gasteiger partial charge in [0.25, 0.3) is 5.91 Å². The van der Waals surface area contributed by atoms with Gasteiger partial charge < -0.3 is 10.2 Å². The van der Waals surface area contributed by atoms with Gasteiger partial charge >= 0.3 is 6.03 Å². The molecular formula is C21H23N3O3. The fourth-order valence-electron chi connectivity index (χ4n) is 3.19. The summed E-state index contributed by atoms with van der Waals surface area (Å²) in [6.07, 6.45) is 0. The molecule has 1 N–H and O–H groups in total. The molecule has 6 nitrogen and oxygen atoms in total. The van der Waals surface area contributed by atoms with Gasteiger partial charge in [-0.3, -0.25) is 14.5 Å². The number of urea groups is 1. The van der Waals surface area contributed by atoms with Gasteiger partial charge in [-0.1, -0.05) is 54.6 Å². The molecule has 3 rings (SSSR count). The Morgan fingerprint density at radius 2 is 1.70 bits per heavy atom. The number of imide groups is 1. The van der Waals surface area contributed by atoms with Crippen molar-refractivity contribution in [1.29, 1.82) is 0 Å². The summed E-state index contributed by atoms with van der Waals surface area (Å²) in [5.74, 6) is -0.713. The highest BCUT2D eigenvalue weighted by molar-refractivity contribution is 6.09. The first-order chi connectivity index (χ1) is 12.8. The highest BCUT2D eigenvalue weighted by atomic mass is 16.2. The number of amides is 4. The second-order valence-corrected chi connectivity index (χ2v) is 6.99. The normalized spacial score (nSPS) is 19.1. The Morgan fingerprint density at radius 1 is 1.07 bits per heavy atom. The Balaban J connectivity index is 1.72. The van der Waals surface area contributed by atoms with Crippen molar-refractivity contribution in [2.24, 2.45) is 0 Å². The molecular weight excluding hydrogens is 342 g/mol. The molecule has 1 aliphatic rings. The summed E-state index contributed by atoms with van der Waals surface area (Å²) >= 11 is 0. The molecule has 4 amide bonds. The van der Waals surface area contributed by atoms with Crippen molar-refractivity contribution in [3.63, 3.8) is 0 Å². The quantitative estimate of drug-likeness (QED) is 0.828. The second kappa shape index (κ2) is 7.23. The number of likely N-dealkylation sites (N-methyl/N-ethyl adjacent to an activating group) is 1. The third-order valence-corrected chi connectivity index (χ3v) is 5.01. The summed E-state index contributed by atoms with van der Waals surface area (Å²) in [5.41, 5.74) is 1.64. The van der Waals surface area contributed by atoms with Gasteiger partial charge in [0.2, 0.25) is 5.91 Å². The molecule has 1 heterocycles. The van der Waals surface area contributed by atoms with Gasteiger partial charge in [0.1, 0.15) is 12.1 Å². The van der Waals surface area contributed by atoms with Crippen LogP contribution in [-0.2, 0) is 21.7 Å². The number of carbonyl (C=O) groups is 3. The van der Waals surface area contributed by atoms with E-state index >= 15 is 0 Å². The second-order valence-electron chi connectivity index (χ2n) is 6.99. The van der Waals surface area contributed by atoms with E-state index in [1.807, 2.05) is 49.4 Å². The number of carbonyl (C=O) groups excluding carboxylic acids is 3. The molecule has 6 heteroatoms. The van der Waals surface area contributed by atoms with Crippen molar-refractivity contribution in [2.75, 3.05) is 13.6 Å². The lowest BCUT2D eigenvalue weighted by atomic mass is 9.92. The van der Waals surface area contributed by atoms with Crippen LogP contribution in [0.1, 0.15) is 23.6 Å². The molecule has 27 heavy (non-hydrogen) atoms. The smallest absolute Gasteiger partial charge is 0.325 e. The molecule has 0 aromatic heterocycles. The van der Waals surface area contributed by atoms with Crippen LogP contribution in [0.15, 0.2) is 54.6 Å². The SMILES string of the molecule is Cc1ccccc1CN(C)C(=O)CN1C(=O)N[C@@](C)(c2ccccc2)C1=O. The van der Waals surface area contributed by atoms with E-state index in [1.165, 1.54) is 4.90 Å². The molecule has 1 aliphatic heterocycles. The Morgan fingerprint density at radius 3 is 2.37 bits per heavy atom. The summed E-state index contributed by atoms with van der Waals surface area (Å²) in [6.45, 7) is 3.78. The number of rotatable bonds is 5. The van der Waals surface area contributed by atoms with Gasteiger partial charge in [0.15, 0.2) is 0 Å². The lowest BCUT2D eigenvalue weighted by molar-refractivity contribution is -0.138.